The van der Waals surface area contributed by atoms with Gasteiger partial charge in [0.05, 0.1) is 0 Å². The quantitative estimate of drug-likeness (QED) is 0.847. The van der Waals surface area contributed by atoms with Crippen molar-refractivity contribution in [1.29, 1.82) is 0 Å². The van der Waals surface area contributed by atoms with Crippen molar-refractivity contribution in [1.82, 2.24) is 0 Å². The van der Waals surface area contributed by atoms with E-state index >= 15 is 0 Å². The lowest BCUT2D eigenvalue weighted by molar-refractivity contribution is 0.587. The van der Waals surface area contributed by atoms with Crippen LogP contribution in [0, 0.1) is 18.6 Å². The number of nitrogens with one attached hydrogen (secondary N) is 1. The molecule has 20 heavy (non-hydrogen) atoms. The highest BCUT2D eigenvalue weighted by Crippen LogP contribution is 2.21. The first-order valence-corrected chi connectivity index (χ1v) is 6.46. The van der Waals surface area contributed by atoms with Crippen LogP contribution in [0.1, 0.15) is 16.7 Å². The molecule has 2 nitrogen and oxygen atoms in total. The fourth-order valence-electron chi connectivity index (χ4n) is 1.90. The first-order chi connectivity index (χ1) is 9.47. The van der Waals surface area contributed by atoms with E-state index in [0.29, 0.717) is 6.54 Å². The molecule has 2 rings (SSSR count). The van der Waals surface area contributed by atoms with Crippen LogP contribution < -0.4 is 11.1 Å². The lowest BCUT2D eigenvalue weighted by Gasteiger charge is -2.11. The van der Waals surface area contributed by atoms with E-state index in [1.165, 1.54) is 0 Å². The van der Waals surface area contributed by atoms with E-state index in [2.05, 4.69) is 5.32 Å². The molecule has 0 bridgehead atoms. The molecule has 0 unspecified atom stereocenters. The van der Waals surface area contributed by atoms with E-state index in [9.17, 15) is 8.78 Å². The summed E-state index contributed by atoms with van der Waals surface area (Å²) in [7, 11) is 0. The lowest BCUT2D eigenvalue weighted by atomic mass is 10.1. The van der Waals surface area contributed by atoms with Crippen molar-refractivity contribution in [2.75, 3.05) is 5.32 Å². The van der Waals surface area contributed by atoms with Gasteiger partial charge in [-0.05, 0) is 24.6 Å². The van der Waals surface area contributed by atoms with Crippen molar-refractivity contribution >= 4 is 22.9 Å². The van der Waals surface area contributed by atoms with Crippen LogP contribution >= 0.6 is 12.2 Å². The number of aryl methyl sites for hydroxylation is 1. The number of anilines is 1. The zero-order valence-electron chi connectivity index (χ0n) is 10.9. The minimum absolute atomic E-state index is 0.0342. The number of hydrogen-bond donors (Lipinski definition) is 2. The SMILES string of the molecule is Cc1cccc(CNc2c(F)cc(C(N)=S)cc2F)c1. The van der Waals surface area contributed by atoms with Gasteiger partial charge >= 0.3 is 0 Å². The molecule has 0 aliphatic heterocycles. The number of hydrogen-bond acceptors (Lipinski definition) is 2. The monoisotopic (exact) mass is 292 g/mol. The van der Waals surface area contributed by atoms with Crippen molar-refractivity contribution in [3.05, 3.63) is 64.7 Å². The van der Waals surface area contributed by atoms with Crippen LogP contribution in [0.5, 0.6) is 0 Å². The molecule has 0 saturated heterocycles. The average molecular weight is 292 g/mol. The van der Waals surface area contributed by atoms with E-state index in [4.69, 9.17) is 18.0 Å². The van der Waals surface area contributed by atoms with Gasteiger partial charge in [0.1, 0.15) is 22.3 Å². The van der Waals surface area contributed by atoms with Gasteiger partial charge in [0.2, 0.25) is 0 Å². The first-order valence-electron chi connectivity index (χ1n) is 6.05. The van der Waals surface area contributed by atoms with E-state index < -0.39 is 11.6 Å². The van der Waals surface area contributed by atoms with Crippen LogP contribution in [0.15, 0.2) is 36.4 Å². The van der Waals surface area contributed by atoms with Crippen LogP contribution in [0.3, 0.4) is 0 Å². The summed E-state index contributed by atoms with van der Waals surface area (Å²) in [5, 5.41) is 2.76. The Morgan fingerprint density at radius 2 is 1.85 bits per heavy atom. The standard InChI is InChI=1S/C15H14F2N2S/c1-9-3-2-4-10(5-9)8-19-14-12(16)6-11(15(18)20)7-13(14)17/h2-7,19H,8H2,1H3,(H2,18,20). The van der Waals surface area contributed by atoms with Gasteiger partial charge in [-0.3, -0.25) is 0 Å². The van der Waals surface area contributed by atoms with Gasteiger partial charge in [-0.2, -0.15) is 0 Å². The third-order valence-corrected chi connectivity index (χ3v) is 3.11. The Hall–Kier alpha value is -2.01. The summed E-state index contributed by atoms with van der Waals surface area (Å²) < 4.78 is 27.7. The second kappa shape index (κ2) is 5.96. The Balaban J connectivity index is 2.20. The third kappa shape index (κ3) is 3.30. The van der Waals surface area contributed by atoms with Crippen molar-refractivity contribution in [3.63, 3.8) is 0 Å². The topological polar surface area (TPSA) is 38.0 Å². The maximum absolute atomic E-state index is 13.8. The zero-order valence-corrected chi connectivity index (χ0v) is 11.7. The fraction of sp³-hybridized carbons (Fsp3) is 0.133. The largest absolute Gasteiger partial charge is 0.389 e. The van der Waals surface area contributed by atoms with Gasteiger partial charge < -0.3 is 11.1 Å². The van der Waals surface area contributed by atoms with E-state index in [1.54, 1.807) is 0 Å². The van der Waals surface area contributed by atoms with Crippen molar-refractivity contribution < 1.29 is 8.78 Å². The molecular weight excluding hydrogens is 278 g/mol. The molecule has 2 aromatic rings. The van der Waals surface area contributed by atoms with Gasteiger partial charge in [0.15, 0.2) is 0 Å². The van der Waals surface area contributed by atoms with Gasteiger partial charge in [-0.15, -0.1) is 0 Å². The molecule has 104 valence electrons. The summed E-state index contributed by atoms with van der Waals surface area (Å²) in [5.74, 6) is -1.42. The summed E-state index contributed by atoms with van der Waals surface area (Å²) in [6.45, 7) is 2.30. The van der Waals surface area contributed by atoms with Crippen LogP contribution in [-0.2, 0) is 6.54 Å². The molecule has 0 aliphatic rings. The Kier molecular flexibility index (Phi) is 4.29. The summed E-state index contributed by atoms with van der Waals surface area (Å²) in [4.78, 5) is -0.0342. The predicted octanol–water partition coefficient (Wildman–Crippen LogP) is 3.52. The number of rotatable bonds is 4. The summed E-state index contributed by atoms with van der Waals surface area (Å²) >= 11 is 4.70. The molecule has 0 radical (unpaired) electrons. The Morgan fingerprint density at radius 3 is 2.40 bits per heavy atom. The van der Waals surface area contributed by atoms with Gasteiger partial charge in [-0.1, -0.05) is 42.0 Å². The van der Waals surface area contributed by atoms with Crippen molar-refractivity contribution in [2.24, 2.45) is 5.73 Å². The molecule has 0 atom stereocenters. The zero-order chi connectivity index (χ0) is 14.7. The van der Waals surface area contributed by atoms with Crippen LogP contribution in [0.25, 0.3) is 0 Å². The highest BCUT2D eigenvalue weighted by atomic mass is 32.1. The van der Waals surface area contributed by atoms with Gasteiger partial charge in [0, 0.05) is 12.1 Å². The van der Waals surface area contributed by atoms with Crippen LogP contribution in [0.4, 0.5) is 14.5 Å². The average Bonchev–Trinajstić information content (AvgIpc) is 2.37. The lowest BCUT2D eigenvalue weighted by Crippen LogP contribution is -2.12. The molecule has 0 fully saturated rings. The fourth-order valence-corrected chi connectivity index (χ4v) is 2.01. The second-order valence-corrected chi connectivity index (χ2v) is 4.96. The maximum atomic E-state index is 13.8. The van der Waals surface area contributed by atoms with Crippen molar-refractivity contribution in [2.45, 2.75) is 13.5 Å². The molecule has 0 saturated carbocycles. The number of benzene rings is 2. The molecule has 0 heterocycles. The minimum Gasteiger partial charge on any atom is -0.389 e. The molecule has 0 aliphatic carbocycles. The molecule has 5 heteroatoms. The minimum atomic E-state index is -0.708. The normalized spacial score (nSPS) is 10.3. The Bertz CT molecular complexity index is 633. The van der Waals surface area contributed by atoms with Gasteiger partial charge in [0.25, 0.3) is 0 Å². The Morgan fingerprint density at radius 1 is 1.20 bits per heavy atom. The third-order valence-electron chi connectivity index (χ3n) is 2.88. The maximum Gasteiger partial charge on any atom is 0.150 e. The molecule has 3 N–H and O–H groups in total. The Labute approximate surface area is 121 Å². The highest BCUT2D eigenvalue weighted by molar-refractivity contribution is 7.80. The van der Waals surface area contributed by atoms with Crippen LogP contribution in [-0.4, -0.2) is 4.99 Å². The van der Waals surface area contributed by atoms with E-state index in [-0.39, 0.29) is 16.2 Å². The van der Waals surface area contributed by atoms with Crippen molar-refractivity contribution in [3.8, 4) is 0 Å². The number of thiocarbonyl (C=S) groups is 1. The van der Waals surface area contributed by atoms with E-state index in [0.717, 1.165) is 23.3 Å². The number of nitrogens with two attached hydrogens (primary N) is 1. The predicted molar refractivity (Wildman–Crippen MR) is 80.8 cm³/mol. The molecule has 0 aromatic heterocycles. The number of halogens is 2. The summed E-state index contributed by atoms with van der Waals surface area (Å²) in [6.07, 6.45) is 0. The molecular formula is C15H14F2N2S. The first kappa shape index (κ1) is 14.4. The molecule has 0 amide bonds. The summed E-state index contributed by atoms with van der Waals surface area (Å²) in [6, 6.07) is 9.95. The highest BCUT2D eigenvalue weighted by Gasteiger charge is 2.12. The van der Waals surface area contributed by atoms with Gasteiger partial charge in [-0.25, -0.2) is 8.78 Å². The van der Waals surface area contributed by atoms with Crippen LogP contribution in [0.2, 0.25) is 0 Å². The van der Waals surface area contributed by atoms with E-state index in [1.807, 2.05) is 31.2 Å². The second-order valence-electron chi connectivity index (χ2n) is 4.52. The smallest absolute Gasteiger partial charge is 0.150 e. The molecule has 2 aromatic carbocycles. The summed E-state index contributed by atoms with van der Waals surface area (Å²) in [5.41, 5.74) is 7.40. The molecule has 0 spiro atoms.